The molecular weight excluding hydrogens is 146 g/mol. The van der Waals surface area contributed by atoms with Gasteiger partial charge in [-0.15, -0.1) is 0 Å². The van der Waals surface area contributed by atoms with Crippen LogP contribution in [0.1, 0.15) is 12.8 Å². The van der Waals surface area contributed by atoms with E-state index < -0.39 is 0 Å². The molecule has 2 rings (SSSR count). The molecule has 1 atom stereocenters. The number of carbonyl (C=O) groups is 2. The maximum absolute atomic E-state index is 10.9. The Morgan fingerprint density at radius 1 is 1.73 bits per heavy atom. The molecule has 0 aromatic carbocycles. The molecule has 0 N–H and O–H groups in total. The van der Waals surface area contributed by atoms with Crippen LogP contribution in [0.4, 0.5) is 0 Å². The van der Waals surface area contributed by atoms with E-state index in [9.17, 15) is 9.59 Å². The monoisotopic (exact) mass is 153 g/mol. The quantitative estimate of drug-likeness (QED) is 0.414. The molecule has 0 aromatic heterocycles. The van der Waals surface area contributed by atoms with E-state index >= 15 is 0 Å². The summed E-state index contributed by atoms with van der Waals surface area (Å²) in [5.41, 5.74) is 0. The molecule has 0 spiro atoms. The highest BCUT2D eigenvalue weighted by atomic mass is 16.5. The molecule has 11 heavy (non-hydrogen) atoms. The second kappa shape index (κ2) is 2.08. The summed E-state index contributed by atoms with van der Waals surface area (Å²) in [6.07, 6.45) is 3.17. The average molecular weight is 153 g/mol. The van der Waals surface area contributed by atoms with Gasteiger partial charge in [0.15, 0.2) is 0 Å². The predicted molar refractivity (Wildman–Crippen MR) is 35.1 cm³/mol. The molecule has 58 valence electrons. The maximum atomic E-state index is 10.9. The normalized spacial score (nSPS) is 27.3. The van der Waals surface area contributed by atoms with E-state index in [2.05, 4.69) is 4.74 Å². The van der Waals surface area contributed by atoms with E-state index in [0.29, 0.717) is 18.8 Å². The van der Waals surface area contributed by atoms with Crippen LogP contribution in [-0.2, 0) is 14.3 Å². The summed E-state index contributed by atoms with van der Waals surface area (Å²) in [7, 11) is 0. The lowest BCUT2D eigenvalue weighted by molar-refractivity contribution is -0.146. The van der Waals surface area contributed by atoms with Gasteiger partial charge < -0.3 is 4.74 Å². The highest BCUT2D eigenvalue weighted by Crippen LogP contribution is 2.33. The van der Waals surface area contributed by atoms with E-state index in [-0.39, 0.29) is 11.9 Å². The lowest BCUT2D eigenvalue weighted by atomic mass is 10.0. The van der Waals surface area contributed by atoms with E-state index in [1.165, 1.54) is 4.90 Å². The minimum absolute atomic E-state index is 0.0422. The zero-order valence-corrected chi connectivity index (χ0v) is 5.82. The van der Waals surface area contributed by atoms with Gasteiger partial charge in [-0.1, -0.05) is 0 Å². The van der Waals surface area contributed by atoms with Crippen molar-refractivity contribution in [2.24, 2.45) is 0 Å². The van der Waals surface area contributed by atoms with Gasteiger partial charge in [0.25, 0.3) is 6.47 Å². The van der Waals surface area contributed by atoms with Gasteiger partial charge in [-0.2, -0.15) is 0 Å². The first-order valence-corrected chi connectivity index (χ1v) is 3.45. The number of carbonyl (C=O) groups excluding carboxylic acids is 2. The van der Waals surface area contributed by atoms with Crippen LogP contribution in [0.3, 0.4) is 0 Å². The van der Waals surface area contributed by atoms with Gasteiger partial charge in [0, 0.05) is 6.42 Å². The minimum atomic E-state index is 0.0422. The maximum Gasteiger partial charge on any atom is 0.299 e. The Morgan fingerprint density at radius 3 is 3.18 bits per heavy atom. The molecule has 1 fully saturated rings. The fourth-order valence-electron chi connectivity index (χ4n) is 1.46. The lowest BCUT2D eigenvalue weighted by Gasteiger charge is -2.34. The lowest BCUT2D eigenvalue weighted by Crippen LogP contribution is -2.48. The van der Waals surface area contributed by atoms with Crippen LogP contribution in [0.5, 0.6) is 0 Å². The molecule has 4 heteroatoms. The van der Waals surface area contributed by atoms with Gasteiger partial charge in [0.05, 0.1) is 6.04 Å². The summed E-state index contributed by atoms with van der Waals surface area (Å²) in [5, 5.41) is 0. The number of nitrogens with zero attached hydrogens (tertiary/aromatic N) is 1. The van der Waals surface area contributed by atoms with Crippen molar-refractivity contribution in [3.8, 4) is 0 Å². The first kappa shape index (κ1) is 6.39. The molecule has 0 radical (unpaired) electrons. The predicted octanol–water partition coefficient (Wildman–Crippen LogP) is 0.00540. The van der Waals surface area contributed by atoms with Crippen LogP contribution >= 0.6 is 0 Å². The summed E-state index contributed by atoms with van der Waals surface area (Å²) in [6.45, 7) is 0.347. The summed E-state index contributed by atoms with van der Waals surface area (Å²) < 4.78 is 4.59. The molecule has 0 saturated carbocycles. The van der Waals surface area contributed by atoms with Crippen molar-refractivity contribution >= 4 is 12.4 Å². The van der Waals surface area contributed by atoms with Crippen molar-refractivity contribution in [2.45, 2.75) is 18.9 Å². The third kappa shape index (κ3) is 0.753. The molecule has 2 heterocycles. The molecule has 4 nitrogen and oxygen atoms in total. The highest BCUT2D eigenvalue weighted by Gasteiger charge is 2.42. The smallest absolute Gasteiger partial charge is 0.299 e. The fourth-order valence-corrected chi connectivity index (χ4v) is 1.46. The van der Waals surface area contributed by atoms with Gasteiger partial charge in [-0.05, 0) is 12.5 Å². The third-order valence-corrected chi connectivity index (χ3v) is 2.01. The highest BCUT2D eigenvalue weighted by molar-refractivity contribution is 5.85. The molecule has 1 amide bonds. The van der Waals surface area contributed by atoms with Crippen molar-refractivity contribution in [1.29, 1.82) is 0 Å². The van der Waals surface area contributed by atoms with Crippen LogP contribution < -0.4 is 0 Å². The minimum Gasteiger partial charge on any atom is -0.412 e. The van der Waals surface area contributed by atoms with Gasteiger partial charge in [0.1, 0.15) is 0 Å². The first-order chi connectivity index (χ1) is 5.33. The van der Waals surface area contributed by atoms with E-state index in [1.54, 1.807) is 6.08 Å². The van der Waals surface area contributed by atoms with Crippen LogP contribution in [0.2, 0.25) is 0 Å². The Balaban J connectivity index is 2.11. The van der Waals surface area contributed by atoms with Gasteiger partial charge in [-0.25, -0.2) is 0 Å². The second-order valence-corrected chi connectivity index (χ2v) is 2.61. The number of β-lactam (4-membered cyclic amide) rings is 1. The van der Waals surface area contributed by atoms with Crippen molar-refractivity contribution in [3.63, 3.8) is 0 Å². The summed E-state index contributed by atoms with van der Waals surface area (Å²) >= 11 is 0. The number of fused-ring (bicyclic) bond motifs is 1. The van der Waals surface area contributed by atoms with Crippen LogP contribution in [-0.4, -0.2) is 23.3 Å². The van der Waals surface area contributed by atoms with Crippen LogP contribution in [0.15, 0.2) is 12.0 Å². The van der Waals surface area contributed by atoms with Crippen molar-refractivity contribution in [1.82, 2.24) is 4.90 Å². The van der Waals surface area contributed by atoms with Gasteiger partial charge >= 0.3 is 0 Å². The Bertz CT molecular complexity index is 246. The number of hydrogen-bond acceptors (Lipinski definition) is 3. The number of amides is 1. The van der Waals surface area contributed by atoms with E-state index in [4.69, 9.17) is 0 Å². The van der Waals surface area contributed by atoms with Crippen LogP contribution in [0.25, 0.3) is 0 Å². The number of rotatable bonds is 2. The molecule has 0 aromatic rings. The Labute approximate surface area is 63.4 Å². The molecular formula is C7H7NO3. The topological polar surface area (TPSA) is 46.6 Å². The van der Waals surface area contributed by atoms with Crippen molar-refractivity contribution < 1.29 is 14.3 Å². The first-order valence-electron chi connectivity index (χ1n) is 3.45. The largest absolute Gasteiger partial charge is 0.412 e. The fraction of sp³-hybridized carbons (Fsp3) is 0.429. The van der Waals surface area contributed by atoms with Gasteiger partial charge in [0.2, 0.25) is 11.8 Å². The standard InChI is InChI=1S/C7H7NO3/c9-4-11-7-2-1-5-3-6(10)8(5)7/h2,4-5H,1,3H2/t5-/m1/s1. The Hall–Kier alpha value is -1.32. The zero-order valence-electron chi connectivity index (χ0n) is 5.82. The van der Waals surface area contributed by atoms with Crippen molar-refractivity contribution in [2.75, 3.05) is 0 Å². The summed E-state index contributed by atoms with van der Waals surface area (Å²) in [5.74, 6) is 0.446. The average Bonchev–Trinajstić information content (AvgIpc) is 2.26. The zero-order chi connectivity index (χ0) is 7.84. The van der Waals surface area contributed by atoms with Gasteiger partial charge in [-0.3, -0.25) is 14.5 Å². The summed E-state index contributed by atoms with van der Waals surface area (Å²) in [4.78, 5) is 22.4. The van der Waals surface area contributed by atoms with Crippen molar-refractivity contribution in [3.05, 3.63) is 12.0 Å². The molecule has 2 aliphatic heterocycles. The SMILES string of the molecule is O=COC1=CC[C@@H]2CC(=O)N12. The molecule has 0 bridgehead atoms. The summed E-state index contributed by atoms with van der Waals surface area (Å²) in [6, 6.07) is 0.262. The third-order valence-electron chi connectivity index (χ3n) is 2.01. The molecule has 1 saturated heterocycles. The second-order valence-electron chi connectivity index (χ2n) is 2.61. The number of hydrogen-bond donors (Lipinski definition) is 0. The Morgan fingerprint density at radius 2 is 2.55 bits per heavy atom. The van der Waals surface area contributed by atoms with E-state index in [0.717, 1.165) is 6.42 Å². The molecule has 0 unspecified atom stereocenters. The Kier molecular flexibility index (Phi) is 1.21. The molecule has 0 aliphatic carbocycles. The number of ether oxygens (including phenoxy) is 1. The van der Waals surface area contributed by atoms with E-state index in [1.807, 2.05) is 0 Å². The van der Waals surface area contributed by atoms with Crippen LogP contribution in [0, 0.1) is 0 Å². The molecule has 2 aliphatic rings.